The predicted molar refractivity (Wildman–Crippen MR) is 107 cm³/mol. The summed E-state index contributed by atoms with van der Waals surface area (Å²) >= 11 is 0. The molecule has 6 heteroatoms. The summed E-state index contributed by atoms with van der Waals surface area (Å²) in [5, 5.41) is 0. The van der Waals surface area contributed by atoms with Crippen molar-refractivity contribution in [3.63, 3.8) is 0 Å². The molecule has 0 spiro atoms. The van der Waals surface area contributed by atoms with E-state index in [-0.39, 0.29) is 25.2 Å². The van der Waals surface area contributed by atoms with Gasteiger partial charge in [0.2, 0.25) is 6.79 Å². The third-order valence-electron chi connectivity index (χ3n) is 5.68. The molecule has 2 amide bonds. The molecule has 5 rings (SSSR count). The number of hydrogen-bond donors (Lipinski definition) is 0. The van der Waals surface area contributed by atoms with Crippen molar-refractivity contribution in [3.8, 4) is 11.5 Å². The normalized spacial score (nSPS) is 18.4. The summed E-state index contributed by atoms with van der Waals surface area (Å²) < 4.78 is 10.8. The molecule has 2 aromatic carbocycles. The molecule has 2 aromatic rings. The van der Waals surface area contributed by atoms with Gasteiger partial charge < -0.3 is 14.4 Å². The molecule has 3 heterocycles. The van der Waals surface area contributed by atoms with Gasteiger partial charge in [-0.3, -0.25) is 14.5 Å². The molecular formula is C23H22N2O4. The van der Waals surface area contributed by atoms with Gasteiger partial charge in [-0.1, -0.05) is 35.9 Å². The Hall–Kier alpha value is -3.28. The van der Waals surface area contributed by atoms with Gasteiger partial charge >= 0.3 is 0 Å². The summed E-state index contributed by atoms with van der Waals surface area (Å²) in [6.45, 7) is 4.02. The molecule has 0 aromatic heterocycles. The van der Waals surface area contributed by atoms with Crippen LogP contribution in [0.2, 0.25) is 0 Å². The second-order valence-corrected chi connectivity index (χ2v) is 7.67. The van der Waals surface area contributed by atoms with E-state index in [1.165, 1.54) is 4.90 Å². The van der Waals surface area contributed by atoms with E-state index in [0.717, 1.165) is 42.6 Å². The summed E-state index contributed by atoms with van der Waals surface area (Å²) in [4.78, 5) is 30.1. The number of fused-ring (bicyclic) bond motifs is 1. The Morgan fingerprint density at radius 3 is 2.38 bits per heavy atom. The van der Waals surface area contributed by atoms with Crippen LogP contribution in [0.1, 0.15) is 29.5 Å². The molecule has 0 atom stereocenters. The van der Waals surface area contributed by atoms with Crippen molar-refractivity contribution in [2.75, 3.05) is 19.9 Å². The van der Waals surface area contributed by atoms with Gasteiger partial charge in [-0.25, -0.2) is 0 Å². The molecule has 0 radical (unpaired) electrons. The van der Waals surface area contributed by atoms with E-state index in [9.17, 15) is 9.59 Å². The first-order chi connectivity index (χ1) is 14.1. The van der Waals surface area contributed by atoms with E-state index < -0.39 is 0 Å². The van der Waals surface area contributed by atoms with Crippen LogP contribution in [0.5, 0.6) is 11.5 Å². The van der Waals surface area contributed by atoms with Crippen LogP contribution in [0.4, 0.5) is 0 Å². The Bertz CT molecular complexity index is 1020. The number of rotatable bonds is 4. The maximum atomic E-state index is 13.4. The van der Waals surface area contributed by atoms with Crippen LogP contribution in [-0.2, 0) is 16.1 Å². The number of benzene rings is 2. The van der Waals surface area contributed by atoms with Crippen LogP contribution in [-0.4, -0.2) is 41.5 Å². The zero-order valence-electron chi connectivity index (χ0n) is 16.3. The zero-order valence-corrected chi connectivity index (χ0v) is 16.3. The Kier molecular flexibility index (Phi) is 4.27. The maximum absolute atomic E-state index is 13.4. The minimum atomic E-state index is -0.238. The van der Waals surface area contributed by atoms with Gasteiger partial charge in [0.25, 0.3) is 11.8 Å². The molecule has 0 saturated carbocycles. The first kappa shape index (κ1) is 17.8. The van der Waals surface area contributed by atoms with Crippen molar-refractivity contribution in [1.82, 2.24) is 9.80 Å². The smallest absolute Gasteiger partial charge is 0.278 e. The van der Waals surface area contributed by atoms with E-state index in [1.807, 2.05) is 49.4 Å². The third-order valence-corrected chi connectivity index (χ3v) is 5.68. The molecule has 1 fully saturated rings. The van der Waals surface area contributed by atoms with Gasteiger partial charge in [0.05, 0.1) is 12.1 Å². The summed E-state index contributed by atoms with van der Waals surface area (Å²) in [5.41, 5.74) is 3.80. The highest BCUT2D eigenvalue weighted by molar-refractivity contribution is 6.35. The minimum absolute atomic E-state index is 0.193. The first-order valence-electron chi connectivity index (χ1n) is 9.93. The maximum Gasteiger partial charge on any atom is 0.278 e. The lowest BCUT2D eigenvalue weighted by Gasteiger charge is -2.20. The lowest BCUT2D eigenvalue weighted by atomic mass is 10.0. The molecule has 0 unspecified atom stereocenters. The molecule has 3 aliphatic heterocycles. The lowest BCUT2D eigenvalue weighted by Crippen LogP contribution is -2.34. The molecular weight excluding hydrogens is 368 g/mol. The van der Waals surface area contributed by atoms with Crippen molar-refractivity contribution in [1.29, 1.82) is 0 Å². The SMILES string of the molecule is Cc1ccc(C2=C(N3CCCC3)C(=O)N(Cc3ccc4c(c3)OCO4)C2=O)cc1. The van der Waals surface area contributed by atoms with Gasteiger partial charge in [-0.15, -0.1) is 0 Å². The fourth-order valence-corrected chi connectivity index (χ4v) is 4.14. The molecule has 29 heavy (non-hydrogen) atoms. The minimum Gasteiger partial charge on any atom is -0.454 e. The number of carbonyl (C=O) groups is 2. The monoisotopic (exact) mass is 390 g/mol. The zero-order chi connectivity index (χ0) is 20.0. The van der Waals surface area contributed by atoms with Crippen molar-refractivity contribution in [2.24, 2.45) is 0 Å². The second-order valence-electron chi connectivity index (χ2n) is 7.67. The van der Waals surface area contributed by atoms with Crippen molar-refractivity contribution in [2.45, 2.75) is 26.3 Å². The van der Waals surface area contributed by atoms with Gasteiger partial charge in [0.15, 0.2) is 11.5 Å². The van der Waals surface area contributed by atoms with Crippen molar-refractivity contribution in [3.05, 3.63) is 64.9 Å². The Labute approximate surface area is 169 Å². The highest BCUT2D eigenvalue weighted by Crippen LogP contribution is 2.36. The quantitative estimate of drug-likeness (QED) is 0.751. The van der Waals surface area contributed by atoms with Gasteiger partial charge in [0.1, 0.15) is 5.70 Å². The predicted octanol–water partition coefficient (Wildman–Crippen LogP) is 3.10. The molecule has 6 nitrogen and oxygen atoms in total. The molecule has 0 aliphatic carbocycles. The largest absolute Gasteiger partial charge is 0.454 e. The first-order valence-corrected chi connectivity index (χ1v) is 9.93. The van der Waals surface area contributed by atoms with E-state index in [2.05, 4.69) is 4.90 Å². The summed E-state index contributed by atoms with van der Waals surface area (Å²) in [6, 6.07) is 13.3. The fraction of sp³-hybridized carbons (Fsp3) is 0.304. The number of nitrogens with zero attached hydrogens (tertiary/aromatic N) is 2. The number of amides is 2. The van der Waals surface area contributed by atoms with E-state index >= 15 is 0 Å². The topological polar surface area (TPSA) is 59.1 Å². The van der Waals surface area contributed by atoms with Gasteiger partial charge in [-0.05, 0) is 43.0 Å². The van der Waals surface area contributed by atoms with Crippen LogP contribution in [0, 0.1) is 6.92 Å². The average Bonchev–Trinajstić information content (AvgIpc) is 3.45. The highest BCUT2D eigenvalue weighted by Gasteiger charge is 2.42. The van der Waals surface area contributed by atoms with Crippen LogP contribution in [0.3, 0.4) is 0 Å². The lowest BCUT2D eigenvalue weighted by molar-refractivity contribution is -0.138. The van der Waals surface area contributed by atoms with Gasteiger partial charge in [-0.2, -0.15) is 0 Å². The number of aryl methyl sites for hydroxylation is 1. The summed E-state index contributed by atoms with van der Waals surface area (Å²) in [7, 11) is 0. The summed E-state index contributed by atoms with van der Waals surface area (Å²) in [6.07, 6.45) is 2.07. The highest BCUT2D eigenvalue weighted by atomic mass is 16.7. The molecule has 3 aliphatic rings. The molecule has 0 N–H and O–H groups in total. The Morgan fingerprint density at radius 2 is 1.62 bits per heavy atom. The third kappa shape index (κ3) is 3.05. The van der Waals surface area contributed by atoms with E-state index in [0.29, 0.717) is 22.8 Å². The average molecular weight is 390 g/mol. The number of imide groups is 1. The summed E-state index contributed by atoms with van der Waals surface area (Å²) in [5.74, 6) is 0.876. The standard InChI is InChI=1S/C23H22N2O4/c1-15-4-7-17(8-5-15)20-21(24-10-2-3-11-24)23(27)25(22(20)26)13-16-6-9-18-19(12-16)29-14-28-18/h4-9,12H,2-3,10-11,13-14H2,1H3. The van der Waals surface area contributed by atoms with Crippen LogP contribution in [0.15, 0.2) is 48.2 Å². The van der Waals surface area contributed by atoms with E-state index in [1.54, 1.807) is 0 Å². The second kappa shape index (κ2) is 6.95. The van der Waals surface area contributed by atoms with E-state index in [4.69, 9.17) is 9.47 Å². The van der Waals surface area contributed by atoms with Crippen LogP contribution >= 0.6 is 0 Å². The number of likely N-dealkylation sites (tertiary alicyclic amines) is 1. The molecule has 0 bridgehead atoms. The Balaban J connectivity index is 1.50. The van der Waals surface area contributed by atoms with Gasteiger partial charge in [0, 0.05) is 13.1 Å². The Morgan fingerprint density at radius 1 is 0.897 bits per heavy atom. The molecule has 148 valence electrons. The van der Waals surface area contributed by atoms with Crippen LogP contribution < -0.4 is 9.47 Å². The number of hydrogen-bond acceptors (Lipinski definition) is 5. The fourth-order valence-electron chi connectivity index (χ4n) is 4.14. The van der Waals surface area contributed by atoms with Crippen LogP contribution in [0.25, 0.3) is 5.57 Å². The molecule has 1 saturated heterocycles. The number of carbonyl (C=O) groups excluding carboxylic acids is 2. The number of ether oxygens (including phenoxy) is 2. The van der Waals surface area contributed by atoms with Crippen molar-refractivity contribution >= 4 is 17.4 Å². The van der Waals surface area contributed by atoms with Crippen molar-refractivity contribution < 1.29 is 19.1 Å².